The molecule has 0 aliphatic carbocycles. The van der Waals surface area contributed by atoms with E-state index >= 15 is 0 Å². The van der Waals surface area contributed by atoms with E-state index < -0.39 is 0 Å². The van der Waals surface area contributed by atoms with Crippen LogP contribution >= 0.6 is 0 Å². The van der Waals surface area contributed by atoms with Crippen molar-refractivity contribution in [2.75, 3.05) is 13.7 Å². The molecule has 0 radical (unpaired) electrons. The van der Waals surface area contributed by atoms with E-state index in [9.17, 15) is 4.79 Å². The molecule has 1 amide bonds. The van der Waals surface area contributed by atoms with Crippen LogP contribution in [0, 0.1) is 6.92 Å². The third-order valence-electron chi connectivity index (χ3n) is 4.42. The van der Waals surface area contributed by atoms with Gasteiger partial charge in [-0.25, -0.2) is 9.67 Å². The first-order valence-corrected chi connectivity index (χ1v) is 8.44. The first-order chi connectivity index (χ1) is 12.5. The maximum absolute atomic E-state index is 12.4. The number of ether oxygens (including phenoxy) is 1. The smallest absolute Gasteiger partial charge is 0.260 e. The normalized spacial score (nSPS) is 11.8. The molecule has 2 aromatic carbocycles. The Bertz CT molecular complexity index is 843. The van der Waals surface area contributed by atoms with Crippen LogP contribution in [-0.4, -0.2) is 39.2 Å². The quantitative estimate of drug-likeness (QED) is 0.685. The summed E-state index contributed by atoms with van der Waals surface area (Å²) in [5.74, 6) is 0.626. The van der Waals surface area contributed by atoms with Gasteiger partial charge in [-0.1, -0.05) is 29.8 Å². The molecule has 0 bridgehead atoms. The number of aryl methyl sites for hydroxylation is 1. The lowest BCUT2D eigenvalue weighted by atomic mass is 10.1. The van der Waals surface area contributed by atoms with Gasteiger partial charge < -0.3 is 9.64 Å². The lowest BCUT2D eigenvalue weighted by Crippen LogP contribution is -2.33. The lowest BCUT2D eigenvalue weighted by molar-refractivity contribution is -0.134. The minimum atomic E-state index is -0.0709. The van der Waals surface area contributed by atoms with E-state index in [-0.39, 0.29) is 18.6 Å². The molecule has 6 heteroatoms. The average molecular weight is 350 g/mol. The first kappa shape index (κ1) is 17.7. The Hall–Kier alpha value is -3.15. The molecule has 0 saturated heterocycles. The van der Waals surface area contributed by atoms with Gasteiger partial charge in [0.25, 0.3) is 5.91 Å². The van der Waals surface area contributed by atoms with Crippen LogP contribution in [-0.2, 0) is 4.79 Å². The molecule has 0 spiro atoms. The van der Waals surface area contributed by atoms with Crippen molar-refractivity contribution in [2.24, 2.45) is 0 Å². The predicted molar refractivity (Wildman–Crippen MR) is 99.2 cm³/mol. The van der Waals surface area contributed by atoms with Gasteiger partial charge in [0.1, 0.15) is 18.4 Å². The summed E-state index contributed by atoms with van der Waals surface area (Å²) in [7, 11) is 1.79. The second-order valence-electron chi connectivity index (χ2n) is 6.21. The number of aromatic nitrogens is 3. The van der Waals surface area contributed by atoms with Gasteiger partial charge in [-0.3, -0.25) is 4.79 Å². The third kappa shape index (κ3) is 4.08. The topological polar surface area (TPSA) is 60.2 Å². The summed E-state index contributed by atoms with van der Waals surface area (Å²) >= 11 is 0. The molecule has 1 heterocycles. The highest BCUT2D eigenvalue weighted by atomic mass is 16.5. The first-order valence-electron chi connectivity index (χ1n) is 8.44. The Morgan fingerprint density at radius 3 is 2.46 bits per heavy atom. The molecule has 0 aliphatic rings. The van der Waals surface area contributed by atoms with Gasteiger partial charge in [-0.15, -0.1) is 0 Å². The fourth-order valence-corrected chi connectivity index (χ4v) is 2.57. The zero-order chi connectivity index (χ0) is 18.5. The summed E-state index contributed by atoms with van der Waals surface area (Å²) < 4.78 is 7.28. The molecular weight excluding hydrogens is 328 g/mol. The fourth-order valence-electron chi connectivity index (χ4n) is 2.57. The van der Waals surface area contributed by atoms with Crippen molar-refractivity contribution in [1.29, 1.82) is 0 Å². The van der Waals surface area contributed by atoms with Crippen LogP contribution < -0.4 is 4.74 Å². The fraction of sp³-hybridized carbons (Fsp3) is 0.250. The van der Waals surface area contributed by atoms with Crippen LogP contribution in [0.2, 0.25) is 0 Å². The summed E-state index contributed by atoms with van der Waals surface area (Å²) in [5, 5.41) is 4.11. The summed E-state index contributed by atoms with van der Waals surface area (Å²) in [4.78, 5) is 18.1. The molecule has 0 fully saturated rings. The van der Waals surface area contributed by atoms with Crippen molar-refractivity contribution in [3.63, 3.8) is 0 Å². The van der Waals surface area contributed by atoms with Gasteiger partial charge in [0, 0.05) is 7.05 Å². The van der Waals surface area contributed by atoms with E-state index in [0.29, 0.717) is 5.75 Å². The van der Waals surface area contributed by atoms with E-state index in [2.05, 4.69) is 10.1 Å². The number of likely N-dealkylation sites (N-methyl/N-ethyl adjacent to an activating group) is 1. The number of amides is 1. The molecule has 0 aliphatic heterocycles. The third-order valence-corrected chi connectivity index (χ3v) is 4.42. The van der Waals surface area contributed by atoms with Gasteiger partial charge in [-0.05, 0) is 43.7 Å². The summed E-state index contributed by atoms with van der Waals surface area (Å²) in [6.07, 6.45) is 3.15. The van der Waals surface area contributed by atoms with E-state index in [1.54, 1.807) is 23.0 Å². The van der Waals surface area contributed by atoms with Gasteiger partial charge >= 0.3 is 0 Å². The van der Waals surface area contributed by atoms with Crippen molar-refractivity contribution in [2.45, 2.75) is 19.9 Å². The van der Waals surface area contributed by atoms with Gasteiger partial charge in [0.15, 0.2) is 6.61 Å². The molecule has 0 saturated carbocycles. The molecule has 0 unspecified atom stereocenters. The van der Waals surface area contributed by atoms with Crippen molar-refractivity contribution in [3.05, 3.63) is 72.3 Å². The Labute approximate surface area is 153 Å². The van der Waals surface area contributed by atoms with E-state index in [0.717, 1.165) is 16.8 Å². The zero-order valence-electron chi connectivity index (χ0n) is 15.2. The number of nitrogens with zero attached hydrogens (tertiary/aromatic N) is 4. The van der Waals surface area contributed by atoms with Crippen LogP contribution in [0.15, 0.2) is 61.2 Å². The summed E-state index contributed by atoms with van der Waals surface area (Å²) in [6.45, 7) is 4.02. The molecule has 6 nitrogen and oxygen atoms in total. The van der Waals surface area contributed by atoms with E-state index in [1.807, 2.05) is 62.4 Å². The van der Waals surface area contributed by atoms with Crippen LogP contribution in [0.25, 0.3) is 5.69 Å². The molecule has 1 atom stereocenters. The minimum absolute atomic E-state index is 0.0148. The van der Waals surface area contributed by atoms with Gasteiger partial charge in [-0.2, -0.15) is 5.10 Å². The number of carbonyl (C=O) groups is 1. The number of hydrogen-bond donors (Lipinski definition) is 0. The SMILES string of the molecule is Cc1ccc(OCC(=O)N(C)[C@H](C)c2ccc(-n3cncn3)cc2)cc1. The largest absolute Gasteiger partial charge is 0.484 e. The highest BCUT2D eigenvalue weighted by Gasteiger charge is 2.18. The Morgan fingerprint density at radius 2 is 1.85 bits per heavy atom. The Morgan fingerprint density at radius 1 is 1.15 bits per heavy atom. The van der Waals surface area contributed by atoms with Gasteiger partial charge in [0.2, 0.25) is 0 Å². The minimum Gasteiger partial charge on any atom is -0.484 e. The second kappa shape index (κ2) is 7.82. The van der Waals surface area contributed by atoms with Crippen LogP contribution in [0.1, 0.15) is 24.1 Å². The molecule has 3 aromatic rings. The van der Waals surface area contributed by atoms with Crippen molar-refractivity contribution < 1.29 is 9.53 Å². The predicted octanol–water partition coefficient (Wildman–Crippen LogP) is 3.17. The molecular formula is C20H22N4O2. The monoisotopic (exact) mass is 350 g/mol. The highest BCUT2D eigenvalue weighted by Crippen LogP contribution is 2.20. The molecule has 3 rings (SSSR count). The van der Waals surface area contributed by atoms with Crippen LogP contribution in [0.3, 0.4) is 0 Å². The zero-order valence-corrected chi connectivity index (χ0v) is 15.2. The summed E-state index contributed by atoms with van der Waals surface area (Å²) in [5.41, 5.74) is 3.12. The standard InChI is InChI=1S/C20H22N4O2/c1-15-4-10-19(11-5-15)26-12-20(25)23(3)16(2)17-6-8-18(9-7-17)24-14-21-13-22-24/h4-11,13-14,16H,12H2,1-3H3/t16-/m1/s1. The number of rotatable bonds is 6. The lowest BCUT2D eigenvalue weighted by Gasteiger charge is -2.25. The molecule has 0 N–H and O–H groups in total. The van der Waals surface area contributed by atoms with Crippen molar-refractivity contribution >= 4 is 5.91 Å². The highest BCUT2D eigenvalue weighted by molar-refractivity contribution is 5.78. The van der Waals surface area contributed by atoms with E-state index in [1.165, 1.54) is 6.33 Å². The Kier molecular flexibility index (Phi) is 5.31. The maximum Gasteiger partial charge on any atom is 0.260 e. The van der Waals surface area contributed by atoms with E-state index in [4.69, 9.17) is 4.74 Å². The van der Waals surface area contributed by atoms with Crippen LogP contribution in [0.4, 0.5) is 0 Å². The average Bonchev–Trinajstić information content (AvgIpc) is 3.21. The summed E-state index contributed by atoms with van der Waals surface area (Å²) in [6, 6.07) is 15.5. The number of carbonyl (C=O) groups excluding carboxylic acids is 1. The molecule has 1 aromatic heterocycles. The van der Waals surface area contributed by atoms with Crippen molar-refractivity contribution in [1.82, 2.24) is 19.7 Å². The molecule has 134 valence electrons. The van der Waals surface area contributed by atoms with Crippen molar-refractivity contribution in [3.8, 4) is 11.4 Å². The maximum atomic E-state index is 12.4. The van der Waals surface area contributed by atoms with Crippen LogP contribution in [0.5, 0.6) is 5.75 Å². The number of hydrogen-bond acceptors (Lipinski definition) is 4. The molecule has 26 heavy (non-hydrogen) atoms. The van der Waals surface area contributed by atoms with Gasteiger partial charge in [0.05, 0.1) is 11.7 Å². The Balaban J connectivity index is 1.60. The number of benzene rings is 2. The second-order valence-corrected chi connectivity index (χ2v) is 6.21.